The van der Waals surface area contributed by atoms with Crippen molar-refractivity contribution < 1.29 is 18.0 Å². The van der Waals surface area contributed by atoms with Gasteiger partial charge in [0.2, 0.25) is 0 Å². The summed E-state index contributed by atoms with van der Waals surface area (Å²) >= 11 is 0. The van der Waals surface area contributed by atoms with Crippen molar-refractivity contribution in [3.8, 4) is 0 Å². The summed E-state index contributed by atoms with van der Waals surface area (Å²) in [7, 11) is 1.68. The fourth-order valence-electron chi connectivity index (χ4n) is 2.59. The Bertz CT molecular complexity index is 718. The molecule has 0 spiro atoms. The van der Waals surface area contributed by atoms with Crippen molar-refractivity contribution in [2.75, 3.05) is 0 Å². The molecule has 1 atom stereocenters. The van der Waals surface area contributed by atoms with Gasteiger partial charge in [-0.1, -0.05) is 17.6 Å². The first kappa shape index (κ1) is 13.7. The Kier molecular flexibility index (Phi) is 3.04. The van der Waals surface area contributed by atoms with Gasteiger partial charge in [-0.25, -0.2) is 18.2 Å². The Morgan fingerprint density at radius 2 is 2.19 bits per heavy atom. The van der Waals surface area contributed by atoms with Gasteiger partial charge >= 0.3 is 0 Å². The molecule has 1 aliphatic heterocycles. The van der Waals surface area contributed by atoms with Gasteiger partial charge in [-0.15, -0.1) is 0 Å². The Morgan fingerprint density at radius 3 is 2.90 bits per heavy atom. The fourth-order valence-corrected chi connectivity index (χ4v) is 2.59. The quantitative estimate of drug-likeness (QED) is 0.803. The molecule has 108 valence electrons. The minimum absolute atomic E-state index is 0.0411. The Balaban J connectivity index is 2.19. The van der Waals surface area contributed by atoms with E-state index in [1.54, 1.807) is 7.85 Å². The molecule has 1 N–H and O–H groups in total. The van der Waals surface area contributed by atoms with Gasteiger partial charge in [0.05, 0.1) is 6.54 Å². The predicted octanol–water partition coefficient (Wildman–Crippen LogP) is 0.185. The van der Waals surface area contributed by atoms with Crippen molar-refractivity contribution in [3.05, 3.63) is 47.8 Å². The molecule has 1 aromatic carbocycles. The normalized spacial score (nSPS) is 21.2. The highest BCUT2D eigenvalue weighted by molar-refractivity contribution is 6.32. The summed E-state index contributed by atoms with van der Waals surface area (Å²) in [5, 5.41) is 2.24. The lowest BCUT2D eigenvalue weighted by Gasteiger charge is -2.38. The molecule has 1 amide bonds. The molecule has 4 nitrogen and oxygen atoms in total. The highest BCUT2D eigenvalue weighted by Crippen LogP contribution is 2.34. The van der Waals surface area contributed by atoms with E-state index in [4.69, 9.17) is 0 Å². The number of alkyl halides is 2. The van der Waals surface area contributed by atoms with Crippen LogP contribution in [0.15, 0.2) is 30.6 Å². The standard InChI is InChI=1S/C13H11BF3N3O/c14-7-1-2-9(15)8(5-7)13(12(16)17)6-20-4-3-18-10(20)11(21)19-13/h1-5,12H,6,14H2,(H,19,21). The van der Waals surface area contributed by atoms with Crippen LogP contribution in [0.3, 0.4) is 0 Å². The van der Waals surface area contributed by atoms with Crippen LogP contribution >= 0.6 is 0 Å². The maximum Gasteiger partial charge on any atom is 0.288 e. The SMILES string of the molecule is Bc1ccc(F)c(C2(C(F)F)Cn3ccnc3C(=O)N2)c1. The monoisotopic (exact) mass is 293 g/mol. The first-order valence-electron chi connectivity index (χ1n) is 6.32. The van der Waals surface area contributed by atoms with Crippen molar-refractivity contribution in [2.24, 2.45) is 0 Å². The molecule has 0 aliphatic carbocycles. The number of amides is 1. The summed E-state index contributed by atoms with van der Waals surface area (Å²) in [6.45, 7) is -0.272. The zero-order valence-electron chi connectivity index (χ0n) is 11.1. The third kappa shape index (κ3) is 2.02. The van der Waals surface area contributed by atoms with E-state index in [1.165, 1.54) is 29.1 Å². The van der Waals surface area contributed by atoms with Crippen molar-refractivity contribution in [2.45, 2.75) is 18.5 Å². The number of rotatable bonds is 2. The van der Waals surface area contributed by atoms with Gasteiger partial charge in [0.1, 0.15) is 19.2 Å². The number of nitrogens with zero attached hydrogens (tertiary/aromatic N) is 2. The van der Waals surface area contributed by atoms with Crippen LogP contribution in [-0.4, -0.2) is 29.7 Å². The zero-order valence-corrected chi connectivity index (χ0v) is 11.1. The molecule has 1 aromatic heterocycles. The van der Waals surface area contributed by atoms with Crippen LogP contribution < -0.4 is 10.8 Å². The summed E-state index contributed by atoms with van der Waals surface area (Å²) in [5.74, 6) is -1.48. The van der Waals surface area contributed by atoms with Gasteiger partial charge in [-0.3, -0.25) is 4.79 Å². The molecule has 0 fully saturated rings. The van der Waals surface area contributed by atoms with Crippen LogP contribution in [0.2, 0.25) is 0 Å². The Morgan fingerprint density at radius 1 is 1.43 bits per heavy atom. The van der Waals surface area contributed by atoms with Gasteiger partial charge < -0.3 is 9.88 Å². The maximum absolute atomic E-state index is 14.1. The highest BCUT2D eigenvalue weighted by Gasteiger charge is 2.49. The number of imidazole rings is 1. The number of aromatic nitrogens is 2. The second kappa shape index (κ2) is 4.65. The highest BCUT2D eigenvalue weighted by atomic mass is 19.3. The van der Waals surface area contributed by atoms with Crippen molar-refractivity contribution in [3.63, 3.8) is 0 Å². The van der Waals surface area contributed by atoms with Crippen LogP contribution in [0.5, 0.6) is 0 Å². The Hall–Kier alpha value is -2.25. The number of fused-ring (bicyclic) bond motifs is 1. The molecule has 0 saturated carbocycles. The summed E-state index contributed by atoms with van der Waals surface area (Å²) in [5.41, 5.74) is -1.68. The second-order valence-electron chi connectivity index (χ2n) is 5.09. The predicted molar refractivity (Wildman–Crippen MR) is 72.0 cm³/mol. The number of hydrogen-bond acceptors (Lipinski definition) is 2. The van der Waals surface area contributed by atoms with Crippen LogP contribution in [0.1, 0.15) is 16.2 Å². The number of nitrogens with one attached hydrogen (secondary N) is 1. The lowest BCUT2D eigenvalue weighted by atomic mass is 9.83. The molecule has 2 heterocycles. The lowest BCUT2D eigenvalue weighted by Crippen LogP contribution is -2.58. The second-order valence-corrected chi connectivity index (χ2v) is 5.09. The molecule has 0 bridgehead atoms. The van der Waals surface area contributed by atoms with Crippen molar-refractivity contribution >= 4 is 19.2 Å². The van der Waals surface area contributed by atoms with Gasteiger partial charge in [0, 0.05) is 18.0 Å². The van der Waals surface area contributed by atoms with Crippen LogP contribution in [-0.2, 0) is 12.1 Å². The van der Waals surface area contributed by atoms with Crippen LogP contribution in [0.25, 0.3) is 0 Å². The van der Waals surface area contributed by atoms with E-state index in [0.717, 1.165) is 6.07 Å². The van der Waals surface area contributed by atoms with Crippen LogP contribution in [0.4, 0.5) is 13.2 Å². The topological polar surface area (TPSA) is 46.9 Å². The largest absolute Gasteiger partial charge is 0.333 e. The summed E-state index contributed by atoms with van der Waals surface area (Å²) in [4.78, 5) is 15.8. The molecule has 1 aliphatic rings. The smallest absolute Gasteiger partial charge is 0.288 e. The van der Waals surface area contributed by atoms with Crippen LogP contribution in [0, 0.1) is 5.82 Å². The van der Waals surface area contributed by atoms with Gasteiger partial charge in [0.15, 0.2) is 5.82 Å². The molecule has 21 heavy (non-hydrogen) atoms. The van der Waals surface area contributed by atoms with E-state index >= 15 is 0 Å². The van der Waals surface area contributed by atoms with E-state index in [1.807, 2.05) is 0 Å². The minimum Gasteiger partial charge on any atom is -0.333 e. The number of carbonyl (C=O) groups is 1. The molecular formula is C13H11BF3N3O. The average Bonchev–Trinajstić information content (AvgIpc) is 2.89. The molecule has 8 heteroatoms. The fraction of sp³-hybridized carbons (Fsp3) is 0.231. The van der Waals surface area contributed by atoms with E-state index in [9.17, 15) is 18.0 Å². The first-order valence-corrected chi connectivity index (χ1v) is 6.32. The molecule has 0 saturated heterocycles. The average molecular weight is 293 g/mol. The number of carbonyl (C=O) groups excluding carboxylic acids is 1. The first-order chi connectivity index (χ1) is 9.94. The summed E-state index contributed by atoms with van der Waals surface area (Å²) in [6, 6.07) is 3.96. The van der Waals surface area contributed by atoms with E-state index in [0.29, 0.717) is 5.46 Å². The molecule has 2 aromatic rings. The number of hydrogen-bond donors (Lipinski definition) is 1. The summed E-state index contributed by atoms with van der Waals surface area (Å²) in [6.07, 6.45) is -0.185. The van der Waals surface area contributed by atoms with Crippen molar-refractivity contribution in [1.82, 2.24) is 14.9 Å². The Labute approximate surface area is 119 Å². The zero-order chi connectivity index (χ0) is 15.2. The van der Waals surface area contributed by atoms with E-state index in [-0.39, 0.29) is 17.9 Å². The maximum atomic E-state index is 14.1. The van der Waals surface area contributed by atoms with Gasteiger partial charge in [-0.2, -0.15) is 0 Å². The van der Waals surface area contributed by atoms with Crippen molar-refractivity contribution in [1.29, 1.82) is 0 Å². The third-order valence-electron chi connectivity index (χ3n) is 3.65. The number of halogens is 3. The van der Waals surface area contributed by atoms with E-state index < -0.39 is 23.7 Å². The number of benzene rings is 1. The molecule has 1 unspecified atom stereocenters. The van der Waals surface area contributed by atoms with Gasteiger partial charge in [0.25, 0.3) is 12.3 Å². The minimum atomic E-state index is -2.96. The van der Waals surface area contributed by atoms with E-state index in [2.05, 4.69) is 10.3 Å². The molecular weight excluding hydrogens is 282 g/mol. The summed E-state index contributed by atoms with van der Waals surface area (Å²) < 4.78 is 42.9. The third-order valence-corrected chi connectivity index (χ3v) is 3.65. The van der Waals surface area contributed by atoms with Gasteiger partial charge in [-0.05, 0) is 6.07 Å². The molecule has 3 rings (SSSR count). The lowest BCUT2D eigenvalue weighted by molar-refractivity contribution is 0.00674. The molecule has 0 radical (unpaired) electrons.